The number of methoxy groups -OCH3 is 1. The lowest BCUT2D eigenvalue weighted by molar-refractivity contribution is -0.385. The number of nitrogens with zero attached hydrogens (tertiary/aromatic N) is 4. The first-order valence-electron chi connectivity index (χ1n) is 5.91. The summed E-state index contributed by atoms with van der Waals surface area (Å²) in [5.41, 5.74) is 1.14. The van der Waals surface area contributed by atoms with Crippen molar-refractivity contribution in [1.29, 1.82) is 0 Å². The van der Waals surface area contributed by atoms with Gasteiger partial charge in [-0.3, -0.25) is 14.5 Å². The zero-order valence-electron chi connectivity index (χ0n) is 10.9. The molecular formula is C13H9BrN4O3. The molecule has 0 atom stereocenters. The SMILES string of the molecule is COc1ccc(-c2cn3cc(Br)cnc3n2)cc1[N+](=O)[O-]. The fourth-order valence-corrected chi connectivity index (χ4v) is 2.31. The highest BCUT2D eigenvalue weighted by atomic mass is 79.9. The molecule has 0 fully saturated rings. The van der Waals surface area contributed by atoms with E-state index >= 15 is 0 Å². The van der Waals surface area contributed by atoms with Crippen molar-refractivity contribution in [2.75, 3.05) is 7.11 Å². The fraction of sp³-hybridized carbons (Fsp3) is 0.0769. The third kappa shape index (κ3) is 2.45. The number of aromatic nitrogens is 3. The van der Waals surface area contributed by atoms with Crippen molar-refractivity contribution in [2.45, 2.75) is 0 Å². The Labute approximate surface area is 127 Å². The maximum Gasteiger partial charge on any atom is 0.311 e. The molecule has 0 saturated carbocycles. The van der Waals surface area contributed by atoms with E-state index in [2.05, 4.69) is 25.9 Å². The number of ether oxygens (including phenoxy) is 1. The van der Waals surface area contributed by atoms with Crippen molar-refractivity contribution >= 4 is 27.4 Å². The molecule has 0 aliphatic rings. The van der Waals surface area contributed by atoms with E-state index in [0.717, 1.165) is 4.47 Å². The summed E-state index contributed by atoms with van der Waals surface area (Å²) in [6, 6.07) is 4.72. The summed E-state index contributed by atoms with van der Waals surface area (Å²) < 4.78 is 7.55. The Balaban J connectivity index is 2.13. The molecule has 0 bridgehead atoms. The molecule has 0 spiro atoms. The van der Waals surface area contributed by atoms with Crippen molar-refractivity contribution in [3.8, 4) is 17.0 Å². The van der Waals surface area contributed by atoms with Crippen LogP contribution in [-0.2, 0) is 0 Å². The van der Waals surface area contributed by atoms with Crippen LogP contribution in [0.4, 0.5) is 5.69 Å². The molecule has 8 heteroatoms. The van der Waals surface area contributed by atoms with Gasteiger partial charge in [0.15, 0.2) is 5.75 Å². The Morgan fingerprint density at radius 3 is 2.90 bits per heavy atom. The van der Waals surface area contributed by atoms with E-state index in [1.165, 1.54) is 13.2 Å². The topological polar surface area (TPSA) is 82.6 Å². The molecule has 3 rings (SSSR count). The van der Waals surface area contributed by atoms with Crippen molar-refractivity contribution in [2.24, 2.45) is 0 Å². The number of nitro benzene ring substituents is 1. The van der Waals surface area contributed by atoms with Crippen molar-refractivity contribution in [1.82, 2.24) is 14.4 Å². The second-order valence-corrected chi connectivity index (χ2v) is 5.17. The maximum atomic E-state index is 11.1. The second-order valence-electron chi connectivity index (χ2n) is 4.25. The van der Waals surface area contributed by atoms with E-state index in [9.17, 15) is 10.1 Å². The average Bonchev–Trinajstić information content (AvgIpc) is 2.89. The lowest BCUT2D eigenvalue weighted by Gasteiger charge is -2.02. The van der Waals surface area contributed by atoms with E-state index in [0.29, 0.717) is 17.0 Å². The number of nitro groups is 1. The zero-order chi connectivity index (χ0) is 15.0. The molecule has 0 N–H and O–H groups in total. The first kappa shape index (κ1) is 13.5. The first-order chi connectivity index (χ1) is 10.1. The average molecular weight is 349 g/mol. The van der Waals surface area contributed by atoms with Gasteiger partial charge in [-0.15, -0.1) is 0 Å². The summed E-state index contributed by atoms with van der Waals surface area (Å²) in [4.78, 5) is 19.1. The Bertz CT molecular complexity index is 847. The van der Waals surface area contributed by atoms with Gasteiger partial charge in [-0.25, -0.2) is 9.97 Å². The Morgan fingerprint density at radius 1 is 1.38 bits per heavy atom. The highest BCUT2D eigenvalue weighted by Crippen LogP contribution is 2.31. The summed E-state index contributed by atoms with van der Waals surface area (Å²) in [5.74, 6) is 0.736. The van der Waals surface area contributed by atoms with Gasteiger partial charge in [-0.1, -0.05) is 0 Å². The van der Waals surface area contributed by atoms with E-state index < -0.39 is 4.92 Å². The maximum absolute atomic E-state index is 11.1. The van der Waals surface area contributed by atoms with Crippen molar-refractivity contribution < 1.29 is 9.66 Å². The number of rotatable bonds is 3. The van der Waals surface area contributed by atoms with Crippen LogP contribution < -0.4 is 4.74 Å². The van der Waals surface area contributed by atoms with E-state index in [4.69, 9.17) is 4.74 Å². The Morgan fingerprint density at radius 2 is 2.19 bits per heavy atom. The van der Waals surface area contributed by atoms with Crippen LogP contribution in [0, 0.1) is 10.1 Å². The Kier molecular flexibility index (Phi) is 3.30. The Hall–Kier alpha value is -2.48. The molecule has 0 aliphatic heterocycles. The van der Waals surface area contributed by atoms with Gasteiger partial charge in [-0.05, 0) is 28.1 Å². The summed E-state index contributed by atoms with van der Waals surface area (Å²) in [5, 5.41) is 11.1. The predicted molar refractivity (Wildman–Crippen MR) is 79.3 cm³/mol. The van der Waals surface area contributed by atoms with Crippen LogP contribution in [0.1, 0.15) is 0 Å². The van der Waals surface area contributed by atoms with Crippen LogP contribution in [0.3, 0.4) is 0 Å². The summed E-state index contributed by atoms with van der Waals surface area (Å²) in [6.07, 6.45) is 5.22. The lowest BCUT2D eigenvalue weighted by atomic mass is 10.1. The molecule has 0 aliphatic carbocycles. The molecule has 21 heavy (non-hydrogen) atoms. The number of benzene rings is 1. The van der Waals surface area contributed by atoms with Crippen LogP contribution >= 0.6 is 15.9 Å². The van der Waals surface area contributed by atoms with Crippen LogP contribution in [-0.4, -0.2) is 26.4 Å². The molecule has 1 aromatic carbocycles. The van der Waals surface area contributed by atoms with Gasteiger partial charge in [0.05, 0.1) is 22.2 Å². The minimum Gasteiger partial charge on any atom is -0.490 e. The molecule has 0 amide bonds. The molecule has 3 aromatic rings. The van der Waals surface area contributed by atoms with Crippen molar-refractivity contribution in [3.05, 3.63) is 51.4 Å². The second kappa shape index (κ2) is 5.13. The highest BCUT2D eigenvalue weighted by molar-refractivity contribution is 9.10. The molecule has 0 saturated heterocycles. The van der Waals surface area contributed by atoms with Crippen LogP contribution in [0.5, 0.6) is 5.75 Å². The molecule has 106 valence electrons. The summed E-state index contributed by atoms with van der Waals surface area (Å²) in [7, 11) is 1.40. The molecule has 0 unspecified atom stereocenters. The summed E-state index contributed by atoms with van der Waals surface area (Å²) in [6.45, 7) is 0. The zero-order valence-corrected chi connectivity index (χ0v) is 12.4. The predicted octanol–water partition coefficient (Wildman–Crippen LogP) is 3.08. The largest absolute Gasteiger partial charge is 0.490 e. The summed E-state index contributed by atoms with van der Waals surface area (Å²) >= 11 is 3.33. The van der Waals surface area contributed by atoms with Crippen LogP contribution in [0.2, 0.25) is 0 Å². The number of halogens is 1. The van der Waals surface area contributed by atoms with Gasteiger partial charge in [0.1, 0.15) is 0 Å². The molecular weight excluding hydrogens is 340 g/mol. The van der Waals surface area contributed by atoms with Gasteiger partial charge in [0.2, 0.25) is 5.78 Å². The smallest absolute Gasteiger partial charge is 0.311 e. The molecule has 7 nitrogen and oxygen atoms in total. The molecule has 2 aromatic heterocycles. The van der Waals surface area contributed by atoms with Crippen LogP contribution in [0.25, 0.3) is 17.0 Å². The number of imidazole rings is 1. The number of fused-ring (bicyclic) bond motifs is 1. The monoisotopic (exact) mass is 348 g/mol. The first-order valence-corrected chi connectivity index (χ1v) is 6.71. The van der Waals surface area contributed by atoms with Gasteiger partial charge in [0.25, 0.3) is 0 Å². The van der Waals surface area contributed by atoms with Crippen molar-refractivity contribution in [3.63, 3.8) is 0 Å². The van der Waals surface area contributed by atoms with Crippen LogP contribution in [0.15, 0.2) is 41.3 Å². The molecule has 0 radical (unpaired) electrons. The van der Waals surface area contributed by atoms with E-state index in [1.807, 2.05) is 6.20 Å². The fourth-order valence-electron chi connectivity index (χ4n) is 1.99. The van der Waals surface area contributed by atoms with Gasteiger partial charge in [-0.2, -0.15) is 0 Å². The van der Waals surface area contributed by atoms with Gasteiger partial charge in [0, 0.05) is 30.2 Å². The highest BCUT2D eigenvalue weighted by Gasteiger charge is 2.17. The number of hydrogen-bond acceptors (Lipinski definition) is 5. The van der Waals surface area contributed by atoms with Gasteiger partial charge >= 0.3 is 5.69 Å². The van der Waals surface area contributed by atoms with E-state index in [1.54, 1.807) is 28.9 Å². The van der Waals surface area contributed by atoms with Gasteiger partial charge < -0.3 is 4.74 Å². The normalized spacial score (nSPS) is 10.8. The minimum absolute atomic E-state index is 0.0961. The minimum atomic E-state index is -0.479. The van der Waals surface area contributed by atoms with E-state index in [-0.39, 0.29) is 11.4 Å². The molecule has 2 heterocycles. The third-order valence-corrected chi connectivity index (χ3v) is 3.36. The lowest BCUT2D eigenvalue weighted by Crippen LogP contribution is -1.94. The quantitative estimate of drug-likeness (QED) is 0.536. The standard InChI is InChI=1S/C13H9BrN4O3/c1-21-12-3-2-8(4-11(12)18(19)20)10-7-17-6-9(14)5-15-13(17)16-10/h2-7H,1H3. The number of hydrogen-bond donors (Lipinski definition) is 0. The third-order valence-electron chi connectivity index (χ3n) is 2.95.